The Bertz CT molecular complexity index is 1320. The lowest BCUT2D eigenvalue weighted by Gasteiger charge is -2.09. The van der Waals surface area contributed by atoms with Crippen LogP contribution in [0, 0.1) is 0 Å². The van der Waals surface area contributed by atoms with E-state index in [9.17, 15) is 0 Å². The van der Waals surface area contributed by atoms with Crippen molar-refractivity contribution in [1.29, 1.82) is 0 Å². The van der Waals surface area contributed by atoms with Crippen molar-refractivity contribution in [3.63, 3.8) is 0 Å². The summed E-state index contributed by atoms with van der Waals surface area (Å²) in [7, 11) is 0. The predicted molar refractivity (Wildman–Crippen MR) is 113 cm³/mol. The lowest BCUT2D eigenvalue weighted by atomic mass is 10.0. The fourth-order valence-electron chi connectivity index (χ4n) is 4.07. The molecule has 29 heavy (non-hydrogen) atoms. The molecule has 3 aromatic carbocycles. The first-order valence-electron chi connectivity index (χ1n) is 9.60. The zero-order chi connectivity index (χ0) is 19.2. The van der Waals surface area contributed by atoms with E-state index in [1.54, 1.807) is 0 Å². The third-order valence-corrected chi connectivity index (χ3v) is 5.40. The fourth-order valence-corrected chi connectivity index (χ4v) is 4.07. The molecule has 0 radical (unpaired) electrons. The van der Waals surface area contributed by atoms with Gasteiger partial charge in [0.05, 0.1) is 35.6 Å². The second-order valence-corrected chi connectivity index (χ2v) is 7.12. The molecule has 138 valence electrons. The highest BCUT2D eigenvalue weighted by Crippen LogP contribution is 2.38. The van der Waals surface area contributed by atoms with Crippen LogP contribution in [0.15, 0.2) is 91.3 Å². The summed E-state index contributed by atoms with van der Waals surface area (Å²) in [5.41, 5.74) is 8.35. The molecule has 0 spiro atoms. The SMILES string of the molecule is c1ccc(-c2ncn3c2-c2ccccc2-n2nnc(-c4ccccc4)c2C3)cc1. The Labute approximate surface area is 167 Å². The van der Waals surface area contributed by atoms with E-state index < -0.39 is 0 Å². The molecule has 0 saturated carbocycles. The molecule has 5 nitrogen and oxygen atoms in total. The van der Waals surface area contributed by atoms with Crippen molar-refractivity contribution in [2.24, 2.45) is 0 Å². The van der Waals surface area contributed by atoms with E-state index in [0.29, 0.717) is 6.54 Å². The van der Waals surface area contributed by atoms with Crippen LogP contribution in [0.3, 0.4) is 0 Å². The molecule has 0 saturated heterocycles. The first kappa shape index (κ1) is 16.0. The summed E-state index contributed by atoms with van der Waals surface area (Å²) in [4.78, 5) is 4.78. The third kappa shape index (κ3) is 2.44. The van der Waals surface area contributed by atoms with Gasteiger partial charge >= 0.3 is 0 Å². The highest BCUT2D eigenvalue weighted by atomic mass is 15.4. The van der Waals surface area contributed by atoms with E-state index in [2.05, 4.69) is 57.3 Å². The zero-order valence-electron chi connectivity index (χ0n) is 15.6. The molecule has 0 aliphatic carbocycles. The average molecular weight is 375 g/mol. The molecule has 0 atom stereocenters. The van der Waals surface area contributed by atoms with Gasteiger partial charge in [-0.2, -0.15) is 0 Å². The quantitative estimate of drug-likeness (QED) is 0.436. The van der Waals surface area contributed by atoms with Crippen LogP contribution in [0.4, 0.5) is 0 Å². The maximum atomic E-state index is 4.78. The number of nitrogens with zero attached hydrogens (tertiary/aromatic N) is 5. The number of para-hydroxylation sites is 1. The highest BCUT2D eigenvalue weighted by Gasteiger charge is 2.26. The Balaban J connectivity index is 1.62. The monoisotopic (exact) mass is 375 g/mol. The number of hydrogen-bond acceptors (Lipinski definition) is 3. The summed E-state index contributed by atoms with van der Waals surface area (Å²) < 4.78 is 4.18. The Hall–Kier alpha value is -3.99. The molecular weight excluding hydrogens is 358 g/mol. The summed E-state index contributed by atoms with van der Waals surface area (Å²) in [6.07, 6.45) is 1.92. The van der Waals surface area contributed by atoms with Crippen LogP contribution in [0.2, 0.25) is 0 Å². The molecule has 2 aromatic heterocycles. The van der Waals surface area contributed by atoms with Gasteiger partial charge in [-0.3, -0.25) is 0 Å². The summed E-state index contributed by atoms with van der Waals surface area (Å²) in [5, 5.41) is 9.06. The molecule has 0 fully saturated rings. The third-order valence-electron chi connectivity index (χ3n) is 5.40. The molecule has 1 aliphatic rings. The summed E-state index contributed by atoms with van der Waals surface area (Å²) >= 11 is 0. The van der Waals surface area contributed by atoms with Crippen molar-refractivity contribution >= 4 is 0 Å². The number of aromatic nitrogens is 5. The average Bonchev–Trinajstić information content (AvgIpc) is 3.37. The molecule has 5 heteroatoms. The van der Waals surface area contributed by atoms with Crippen LogP contribution in [0.25, 0.3) is 39.5 Å². The van der Waals surface area contributed by atoms with E-state index in [4.69, 9.17) is 4.98 Å². The first-order chi connectivity index (χ1) is 14.4. The van der Waals surface area contributed by atoms with Gasteiger partial charge in [0.2, 0.25) is 0 Å². The molecule has 0 bridgehead atoms. The second kappa shape index (κ2) is 6.27. The first-order valence-corrected chi connectivity index (χ1v) is 9.60. The van der Waals surface area contributed by atoms with E-state index in [1.165, 1.54) is 0 Å². The largest absolute Gasteiger partial charge is 0.324 e. The normalized spacial score (nSPS) is 12.0. The zero-order valence-corrected chi connectivity index (χ0v) is 15.6. The maximum Gasteiger partial charge on any atom is 0.118 e. The number of fused-ring (bicyclic) bond motifs is 5. The lowest BCUT2D eigenvalue weighted by molar-refractivity contribution is 0.725. The van der Waals surface area contributed by atoms with E-state index >= 15 is 0 Å². The summed E-state index contributed by atoms with van der Waals surface area (Å²) in [6, 6.07) is 28.9. The van der Waals surface area contributed by atoms with Crippen LogP contribution < -0.4 is 0 Å². The topological polar surface area (TPSA) is 48.5 Å². The van der Waals surface area contributed by atoms with Crippen LogP contribution in [-0.2, 0) is 6.54 Å². The van der Waals surface area contributed by atoms with Crippen molar-refractivity contribution < 1.29 is 0 Å². The molecule has 0 unspecified atom stereocenters. The van der Waals surface area contributed by atoms with Gasteiger partial charge in [0.1, 0.15) is 5.69 Å². The highest BCUT2D eigenvalue weighted by molar-refractivity contribution is 5.84. The van der Waals surface area contributed by atoms with Crippen LogP contribution in [-0.4, -0.2) is 24.5 Å². The van der Waals surface area contributed by atoms with Gasteiger partial charge in [0.25, 0.3) is 0 Å². The molecule has 5 aromatic rings. The number of benzene rings is 3. The Morgan fingerprint density at radius 3 is 2.10 bits per heavy atom. The fraction of sp³-hybridized carbons (Fsp3) is 0.0417. The van der Waals surface area contributed by atoms with Crippen LogP contribution in [0.1, 0.15) is 5.69 Å². The molecular formula is C24H17N5. The molecule has 3 heterocycles. The Morgan fingerprint density at radius 1 is 0.690 bits per heavy atom. The van der Waals surface area contributed by atoms with Gasteiger partial charge in [0, 0.05) is 16.7 Å². The minimum atomic E-state index is 0.654. The van der Waals surface area contributed by atoms with Gasteiger partial charge in [0.15, 0.2) is 0 Å². The number of hydrogen-bond donors (Lipinski definition) is 0. The van der Waals surface area contributed by atoms with Crippen molar-refractivity contribution in [2.75, 3.05) is 0 Å². The van der Waals surface area contributed by atoms with Crippen molar-refractivity contribution in [1.82, 2.24) is 24.5 Å². The number of imidazole rings is 1. The van der Waals surface area contributed by atoms with Crippen molar-refractivity contribution in [3.05, 3.63) is 97.0 Å². The van der Waals surface area contributed by atoms with Crippen LogP contribution in [0.5, 0.6) is 0 Å². The van der Waals surface area contributed by atoms with Crippen LogP contribution >= 0.6 is 0 Å². The molecule has 1 aliphatic heterocycles. The summed E-state index contributed by atoms with van der Waals surface area (Å²) in [5.74, 6) is 0. The van der Waals surface area contributed by atoms with Gasteiger partial charge in [-0.1, -0.05) is 84.1 Å². The molecule has 6 rings (SSSR count). The van der Waals surface area contributed by atoms with Gasteiger partial charge < -0.3 is 4.57 Å². The predicted octanol–water partition coefficient (Wildman–Crippen LogP) is 4.83. The Kier molecular flexibility index (Phi) is 3.46. The second-order valence-electron chi connectivity index (χ2n) is 7.12. The molecule has 0 N–H and O–H groups in total. The van der Waals surface area contributed by atoms with Gasteiger partial charge in [-0.15, -0.1) is 5.10 Å². The number of rotatable bonds is 2. The van der Waals surface area contributed by atoms with Gasteiger partial charge in [-0.25, -0.2) is 9.67 Å². The Morgan fingerprint density at radius 2 is 1.34 bits per heavy atom. The smallest absolute Gasteiger partial charge is 0.118 e. The van der Waals surface area contributed by atoms with E-state index in [1.807, 2.05) is 53.5 Å². The standard InChI is InChI=1S/C24H17N5/c1-3-9-17(10-4-1)22-21-15-28-16-25-23(18-11-5-2-6-12-18)24(28)19-13-7-8-14-20(19)29(21)27-26-22/h1-14,16H,15H2. The minimum Gasteiger partial charge on any atom is -0.324 e. The minimum absolute atomic E-state index is 0.654. The van der Waals surface area contributed by atoms with Crippen molar-refractivity contribution in [3.8, 4) is 39.5 Å². The van der Waals surface area contributed by atoms with E-state index in [-0.39, 0.29) is 0 Å². The lowest BCUT2D eigenvalue weighted by Crippen LogP contribution is -2.04. The molecule has 0 amide bonds. The maximum absolute atomic E-state index is 4.78. The van der Waals surface area contributed by atoms with Crippen molar-refractivity contribution in [2.45, 2.75) is 6.54 Å². The van der Waals surface area contributed by atoms with E-state index in [0.717, 1.165) is 45.2 Å². The summed E-state index contributed by atoms with van der Waals surface area (Å²) in [6.45, 7) is 0.654. The van der Waals surface area contributed by atoms with Gasteiger partial charge in [-0.05, 0) is 6.07 Å².